The van der Waals surface area contributed by atoms with Gasteiger partial charge in [0.15, 0.2) is 5.16 Å². The van der Waals surface area contributed by atoms with Gasteiger partial charge in [0.1, 0.15) is 16.3 Å². The Hall–Kier alpha value is -2.79. The van der Waals surface area contributed by atoms with Gasteiger partial charge in [-0.1, -0.05) is 25.6 Å². The standard InChI is InChI=1S/C20H19F2N5O2S2/c1-11(2)5-7-26-18(29)17-15(6-8-30-17)27-19(26)24-25-20(27)31-10-16(28)23-14-4-3-12(21)9-13(14)22/h3-4,6,8-9,11H,5,7,10H2,1-2H3,(H,23,28). The SMILES string of the molecule is CC(C)CCn1c(=O)c2sccc2n2c(SCC(=O)Nc3ccc(F)cc3F)nnc12. The molecule has 1 N–H and O–H groups in total. The molecule has 0 saturated carbocycles. The summed E-state index contributed by atoms with van der Waals surface area (Å²) in [5.74, 6) is -1.26. The number of anilines is 1. The maximum Gasteiger partial charge on any atom is 0.272 e. The minimum atomic E-state index is -0.847. The van der Waals surface area contributed by atoms with E-state index in [0.717, 1.165) is 24.2 Å². The smallest absolute Gasteiger partial charge is 0.272 e. The summed E-state index contributed by atoms with van der Waals surface area (Å²) in [6, 6.07) is 4.77. The normalized spacial score (nSPS) is 11.6. The first-order valence-electron chi connectivity index (χ1n) is 9.58. The number of benzene rings is 1. The van der Waals surface area contributed by atoms with Crippen LogP contribution >= 0.6 is 23.1 Å². The summed E-state index contributed by atoms with van der Waals surface area (Å²) < 4.78 is 30.8. The first kappa shape index (κ1) is 21.4. The molecule has 0 aliphatic rings. The Balaban J connectivity index is 1.61. The lowest BCUT2D eigenvalue weighted by Crippen LogP contribution is -2.23. The monoisotopic (exact) mass is 463 g/mol. The highest BCUT2D eigenvalue weighted by Gasteiger charge is 2.19. The molecule has 162 valence electrons. The number of nitrogens with one attached hydrogen (secondary N) is 1. The van der Waals surface area contributed by atoms with Crippen LogP contribution < -0.4 is 10.9 Å². The van der Waals surface area contributed by atoms with E-state index in [1.54, 1.807) is 8.97 Å². The number of halogens is 2. The first-order chi connectivity index (χ1) is 14.8. The van der Waals surface area contributed by atoms with Crippen LogP contribution in [0.5, 0.6) is 0 Å². The molecular weight excluding hydrogens is 444 g/mol. The molecule has 0 spiro atoms. The number of aromatic nitrogens is 4. The summed E-state index contributed by atoms with van der Waals surface area (Å²) in [5.41, 5.74) is 0.482. The fourth-order valence-electron chi connectivity index (χ4n) is 3.09. The van der Waals surface area contributed by atoms with Gasteiger partial charge in [-0.3, -0.25) is 18.6 Å². The lowest BCUT2D eigenvalue weighted by molar-refractivity contribution is -0.113. The molecule has 3 heterocycles. The Morgan fingerprint density at radius 2 is 2.06 bits per heavy atom. The largest absolute Gasteiger partial charge is 0.323 e. The minimum Gasteiger partial charge on any atom is -0.323 e. The summed E-state index contributed by atoms with van der Waals surface area (Å²) in [4.78, 5) is 25.2. The minimum absolute atomic E-state index is 0.0612. The predicted molar refractivity (Wildman–Crippen MR) is 118 cm³/mol. The van der Waals surface area contributed by atoms with E-state index in [2.05, 4.69) is 29.4 Å². The van der Waals surface area contributed by atoms with Gasteiger partial charge in [0.05, 0.1) is 17.0 Å². The van der Waals surface area contributed by atoms with Crippen LogP contribution in [0.1, 0.15) is 20.3 Å². The molecule has 0 aliphatic heterocycles. The molecule has 0 fully saturated rings. The number of hydrogen-bond acceptors (Lipinski definition) is 6. The van der Waals surface area contributed by atoms with Crippen molar-refractivity contribution in [1.29, 1.82) is 0 Å². The molecule has 1 amide bonds. The van der Waals surface area contributed by atoms with Gasteiger partial charge in [0.2, 0.25) is 11.7 Å². The molecule has 0 atom stereocenters. The first-order valence-corrected chi connectivity index (χ1v) is 11.4. The van der Waals surface area contributed by atoms with Crippen LogP contribution in [0.15, 0.2) is 39.6 Å². The fourth-order valence-corrected chi connectivity index (χ4v) is 4.65. The molecule has 3 aromatic heterocycles. The highest BCUT2D eigenvalue weighted by atomic mass is 32.2. The number of amides is 1. The second-order valence-corrected chi connectivity index (χ2v) is 9.21. The molecule has 0 saturated heterocycles. The third kappa shape index (κ3) is 4.33. The molecule has 0 radical (unpaired) electrons. The number of nitrogens with zero attached hydrogens (tertiary/aromatic N) is 4. The molecule has 0 unspecified atom stereocenters. The van der Waals surface area contributed by atoms with E-state index in [9.17, 15) is 18.4 Å². The molecule has 0 aliphatic carbocycles. The van der Waals surface area contributed by atoms with Crippen molar-refractivity contribution in [3.63, 3.8) is 0 Å². The van der Waals surface area contributed by atoms with Crippen LogP contribution in [-0.2, 0) is 11.3 Å². The second kappa shape index (κ2) is 8.75. The van der Waals surface area contributed by atoms with Crippen LogP contribution in [0.3, 0.4) is 0 Å². The van der Waals surface area contributed by atoms with Gasteiger partial charge in [0.25, 0.3) is 5.56 Å². The summed E-state index contributed by atoms with van der Waals surface area (Å²) in [6.07, 6.45) is 0.813. The van der Waals surface area contributed by atoms with Crippen molar-refractivity contribution in [1.82, 2.24) is 19.2 Å². The fraction of sp³-hybridized carbons (Fsp3) is 0.300. The van der Waals surface area contributed by atoms with Gasteiger partial charge in [-0.15, -0.1) is 21.5 Å². The van der Waals surface area contributed by atoms with Gasteiger partial charge < -0.3 is 5.32 Å². The van der Waals surface area contributed by atoms with E-state index >= 15 is 0 Å². The van der Waals surface area contributed by atoms with E-state index in [1.807, 2.05) is 11.4 Å². The lowest BCUT2D eigenvalue weighted by atomic mass is 10.1. The second-order valence-electron chi connectivity index (χ2n) is 7.35. The average molecular weight is 464 g/mol. The van der Waals surface area contributed by atoms with Crippen molar-refractivity contribution in [2.75, 3.05) is 11.1 Å². The number of fused-ring (bicyclic) bond motifs is 3. The van der Waals surface area contributed by atoms with Crippen molar-refractivity contribution in [2.45, 2.75) is 32.0 Å². The Morgan fingerprint density at radius 1 is 1.26 bits per heavy atom. The van der Waals surface area contributed by atoms with Gasteiger partial charge in [-0.25, -0.2) is 8.78 Å². The van der Waals surface area contributed by atoms with Gasteiger partial charge in [-0.05, 0) is 35.9 Å². The highest BCUT2D eigenvalue weighted by molar-refractivity contribution is 7.99. The van der Waals surface area contributed by atoms with Crippen molar-refractivity contribution < 1.29 is 13.6 Å². The van der Waals surface area contributed by atoms with Crippen LogP contribution in [0.2, 0.25) is 0 Å². The molecule has 11 heteroatoms. The Labute approximate surface area is 184 Å². The Morgan fingerprint density at radius 3 is 2.81 bits per heavy atom. The predicted octanol–water partition coefficient (Wildman–Crippen LogP) is 4.16. The summed E-state index contributed by atoms with van der Waals surface area (Å²) >= 11 is 2.47. The summed E-state index contributed by atoms with van der Waals surface area (Å²) in [7, 11) is 0. The number of thioether (sulfide) groups is 1. The topological polar surface area (TPSA) is 81.3 Å². The zero-order valence-electron chi connectivity index (χ0n) is 16.8. The molecular formula is C20H19F2N5O2S2. The zero-order chi connectivity index (χ0) is 22.1. The number of carbonyl (C=O) groups excluding carboxylic acids is 1. The average Bonchev–Trinajstić information content (AvgIpc) is 3.35. The van der Waals surface area contributed by atoms with Crippen molar-refractivity contribution in [3.8, 4) is 0 Å². The third-order valence-corrected chi connectivity index (χ3v) is 6.47. The van der Waals surface area contributed by atoms with Gasteiger partial charge in [0, 0.05) is 12.6 Å². The van der Waals surface area contributed by atoms with Crippen LogP contribution in [0.4, 0.5) is 14.5 Å². The van der Waals surface area contributed by atoms with E-state index in [0.29, 0.717) is 39.7 Å². The zero-order valence-corrected chi connectivity index (χ0v) is 18.4. The number of rotatable bonds is 7. The van der Waals surface area contributed by atoms with E-state index in [-0.39, 0.29) is 17.0 Å². The van der Waals surface area contributed by atoms with E-state index < -0.39 is 17.5 Å². The van der Waals surface area contributed by atoms with Crippen molar-refractivity contribution in [3.05, 3.63) is 51.6 Å². The van der Waals surface area contributed by atoms with Gasteiger partial charge >= 0.3 is 0 Å². The number of hydrogen-bond donors (Lipinski definition) is 1. The lowest BCUT2D eigenvalue weighted by Gasteiger charge is -2.10. The number of aryl methyl sites for hydroxylation is 1. The van der Waals surface area contributed by atoms with Crippen LogP contribution in [0.25, 0.3) is 16.0 Å². The van der Waals surface area contributed by atoms with Crippen LogP contribution in [0, 0.1) is 17.6 Å². The molecule has 4 aromatic rings. The molecule has 1 aromatic carbocycles. The summed E-state index contributed by atoms with van der Waals surface area (Å²) in [5, 5.41) is 13.1. The highest BCUT2D eigenvalue weighted by Crippen LogP contribution is 2.25. The molecule has 0 bridgehead atoms. The number of carbonyl (C=O) groups is 1. The Bertz CT molecular complexity index is 1330. The number of thiophene rings is 1. The molecule has 31 heavy (non-hydrogen) atoms. The Kier molecular flexibility index (Phi) is 6.05. The van der Waals surface area contributed by atoms with Gasteiger partial charge in [-0.2, -0.15) is 0 Å². The van der Waals surface area contributed by atoms with Crippen molar-refractivity contribution >= 4 is 50.7 Å². The van der Waals surface area contributed by atoms with Crippen molar-refractivity contribution in [2.24, 2.45) is 5.92 Å². The maximum atomic E-state index is 13.8. The van der Waals surface area contributed by atoms with Crippen LogP contribution in [-0.4, -0.2) is 30.8 Å². The molecule has 4 rings (SSSR count). The molecule has 7 nitrogen and oxygen atoms in total. The van der Waals surface area contributed by atoms with E-state index in [1.165, 1.54) is 17.4 Å². The van der Waals surface area contributed by atoms with E-state index in [4.69, 9.17) is 0 Å². The maximum absolute atomic E-state index is 13.8. The quantitative estimate of drug-likeness (QED) is 0.416. The third-order valence-electron chi connectivity index (χ3n) is 4.65. The summed E-state index contributed by atoms with van der Waals surface area (Å²) in [6.45, 7) is 4.68.